The Kier molecular flexibility index (Phi) is 1.46. The minimum Gasteiger partial charge on any atom is -0.126 e. The molecular weight excluding hydrogens is 140 g/mol. The molecule has 0 aromatic rings. The Morgan fingerprint density at radius 3 is 3.20 bits per heavy atom. The molecule has 1 heterocycles. The quantitative estimate of drug-likeness (QED) is 0.511. The van der Waals surface area contributed by atoms with Crippen molar-refractivity contribution in [1.29, 1.82) is 0 Å². The molecule has 10 heavy (non-hydrogen) atoms. The topological polar surface area (TPSA) is 0 Å². The fourth-order valence-corrected chi connectivity index (χ4v) is 2.47. The van der Waals surface area contributed by atoms with E-state index in [1.165, 1.54) is 17.6 Å². The lowest BCUT2D eigenvalue weighted by Crippen LogP contribution is -2.04. The molecule has 0 bridgehead atoms. The molecular formula is C9H10S. The van der Waals surface area contributed by atoms with Crippen molar-refractivity contribution in [3.05, 3.63) is 34.8 Å². The van der Waals surface area contributed by atoms with Gasteiger partial charge in [-0.2, -0.15) is 0 Å². The highest BCUT2D eigenvalue weighted by atomic mass is 32.2. The van der Waals surface area contributed by atoms with Crippen molar-refractivity contribution < 1.29 is 0 Å². The first kappa shape index (κ1) is 6.29. The fraction of sp³-hybridized carbons (Fsp3) is 0.333. The summed E-state index contributed by atoms with van der Waals surface area (Å²) in [7, 11) is 0. The number of hydrogen-bond donors (Lipinski definition) is 0. The first-order chi connectivity index (χ1) is 4.88. The third kappa shape index (κ3) is 0.853. The van der Waals surface area contributed by atoms with Crippen LogP contribution in [0.4, 0.5) is 0 Å². The molecule has 0 saturated heterocycles. The molecule has 1 unspecified atom stereocenters. The monoisotopic (exact) mass is 150 g/mol. The minimum absolute atomic E-state index is 0.741. The summed E-state index contributed by atoms with van der Waals surface area (Å²) >= 11 is 1.94. The molecule has 0 radical (unpaired) electrons. The highest BCUT2D eigenvalue weighted by molar-refractivity contribution is 8.03. The van der Waals surface area contributed by atoms with Crippen LogP contribution in [0.3, 0.4) is 0 Å². The van der Waals surface area contributed by atoms with Gasteiger partial charge in [-0.15, -0.1) is 11.8 Å². The third-order valence-electron chi connectivity index (χ3n) is 2.01. The predicted molar refractivity (Wildman–Crippen MR) is 47.0 cm³/mol. The van der Waals surface area contributed by atoms with Crippen LogP contribution in [0, 0.1) is 0 Å². The second-order valence-corrected chi connectivity index (χ2v) is 3.82. The zero-order chi connectivity index (χ0) is 6.97. The molecule has 1 aliphatic heterocycles. The van der Waals surface area contributed by atoms with Crippen LogP contribution < -0.4 is 0 Å². The third-order valence-corrected chi connectivity index (χ3v) is 3.08. The molecule has 0 aromatic carbocycles. The summed E-state index contributed by atoms with van der Waals surface area (Å²) in [5.41, 5.74) is 2.98. The Morgan fingerprint density at radius 2 is 2.40 bits per heavy atom. The lowest BCUT2D eigenvalue weighted by Gasteiger charge is -2.14. The molecule has 0 spiro atoms. The Labute approximate surface area is 65.7 Å². The summed E-state index contributed by atoms with van der Waals surface area (Å²) in [6.07, 6.45) is 7.95. The lowest BCUT2D eigenvalue weighted by atomic mass is 9.99. The van der Waals surface area contributed by atoms with Gasteiger partial charge in [0.05, 0.1) is 0 Å². The molecule has 1 aliphatic carbocycles. The fourth-order valence-electron chi connectivity index (χ4n) is 1.42. The molecule has 1 heteroatoms. The number of fused-ring (bicyclic) bond motifs is 1. The molecule has 0 fully saturated rings. The Hall–Kier alpha value is -0.430. The van der Waals surface area contributed by atoms with Gasteiger partial charge in [0.1, 0.15) is 0 Å². The maximum Gasteiger partial charge on any atom is 0.0375 e. The number of hydrogen-bond acceptors (Lipinski definition) is 1. The summed E-state index contributed by atoms with van der Waals surface area (Å²) in [6.45, 7) is 2.19. The molecule has 52 valence electrons. The summed E-state index contributed by atoms with van der Waals surface area (Å²) < 4.78 is 0. The maximum absolute atomic E-state index is 2.27. The molecule has 0 aromatic heterocycles. The van der Waals surface area contributed by atoms with Gasteiger partial charge in [0.25, 0.3) is 0 Å². The van der Waals surface area contributed by atoms with Gasteiger partial charge in [-0.3, -0.25) is 0 Å². The second kappa shape index (κ2) is 2.31. The van der Waals surface area contributed by atoms with Gasteiger partial charge in [-0.25, -0.2) is 0 Å². The van der Waals surface area contributed by atoms with Gasteiger partial charge in [0.15, 0.2) is 0 Å². The average molecular weight is 150 g/mol. The molecule has 2 aliphatic rings. The van der Waals surface area contributed by atoms with Crippen molar-refractivity contribution in [3.8, 4) is 0 Å². The van der Waals surface area contributed by atoms with E-state index in [-0.39, 0.29) is 0 Å². The van der Waals surface area contributed by atoms with Crippen molar-refractivity contribution in [2.75, 3.05) is 0 Å². The van der Waals surface area contributed by atoms with E-state index in [0.29, 0.717) is 0 Å². The maximum atomic E-state index is 2.27. The Bertz CT molecular complexity index is 233. The largest absolute Gasteiger partial charge is 0.126 e. The first-order valence-electron chi connectivity index (χ1n) is 3.57. The van der Waals surface area contributed by atoms with Gasteiger partial charge in [0, 0.05) is 5.25 Å². The van der Waals surface area contributed by atoms with Crippen LogP contribution in [0.1, 0.15) is 13.3 Å². The van der Waals surface area contributed by atoms with Gasteiger partial charge < -0.3 is 0 Å². The van der Waals surface area contributed by atoms with Crippen LogP contribution in [-0.4, -0.2) is 5.25 Å². The lowest BCUT2D eigenvalue weighted by molar-refractivity contribution is 1.00. The molecule has 2 rings (SSSR count). The van der Waals surface area contributed by atoms with E-state index >= 15 is 0 Å². The van der Waals surface area contributed by atoms with E-state index in [4.69, 9.17) is 0 Å². The van der Waals surface area contributed by atoms with Crippen LogP contribution in [-0.2, 0) is 0 Å². The highest BCUT2D eigenvalue weighted by Crippen LogP contribution is 2.36. The van der Waals surface area contributed by atoms with E-state index < -0.39 is 0 Å². The van der Waals surface area contributed by atoms with Crippen LogP contribution in [0.2, 0.25) is 0 Å². The van der Waals surface area contributed by atoms with E-state index in [1.54, 1.807) is 0 Å². The normalized spacial score (nSPS) is 29.5. The van der Waals surface area contributed by atoms with Gasteiger partial charge in [-0.05, 0) is 29.9 Å². The van der Waals surface area contributed by atoms with E-state index in [0.717, 1.165) is 5.25 Å². The Morgan fingerprint density at radius 1 is 1.50 bits per heavy atom. The summed E-state index contributed by atoms with van der Waals surface area (Å²) in [5, 5.41) is 2.95. The standard InChI is InChI=1S/C9H10S/c1-7-3-2-4-9-8(7)5-6-10-9/h2-3,5-6,9H,4H2,1H3. The smallest absolute Gasteiger partial charge is 0.0375 e. The van der Waals surface area contributed by atoms with Crippen LogP contribution in [0.5, 0.6) is 0 Å². The number of allylic oxidation sites excluding steroid dienone is 4. The summed E-state index contributed by atoms with van der Waals surface area (Å²) in [4.78, 5) is 0. The van der Waals surface area contributed by atoms with E-state index in [2.05, 4.69) is 30.6 Å². The zero-order valence-electron chi connectivity index (χ0n) is 6.00. The Balaban J connectivity index is 2.41. The molecule has 0 saturated carbocycles. The van der Waals surface area contributed by atoms with Crippen molar-refractivity contribution in [2.45, 2.75) is 18.6 Å². The summed E-state index contributed by atoms with van der Waals surface area (Å²) in [5.74, 6) is 0. The molecule has 1 atom stereocenters. The van der Waals surface area contributed by atoms with Gasteiger partial charge in [0.2, 0.25) is 0 Å². The average Bonchev–Trinajstić information content (AvgIpc) is 2.36. The van der Waals surface area contributed by atoms with E-state index in [9.17, 15) is 0 Å². The van der Waals surface area contributed by atoms with Crippen molar-refractivity contribution in [3.63, 3.8) is 0 Å². The van der Waals surface area contributed by atoms with E-state index in [1.807, 2.05) is 11.8 Å². The van der Waals surface area contributed by atoms with Gasteiger partial charge >= 0.3 is 0 Å². The summed E-state index contributed by atoms with van der Waals surface area (Å²) in [6, 6.07) is 0. The zero-order valence-corrected chi connectivity index (χ0v) is 6.82. The number of thioether (sulfide) groups is 1. The van der Waals surface area contributed by atoms with Crippen LogP contribution in [0.25, 0.3) is 0 Å². The highest BCUT2D eigenvalue weighted by Gasteiger charge is 2.19. The number of rotatable bonds is 0. The molecule has 0 N–H and O–H groups in total. The molecule has 0 amide bonds. The van der Waals surface area contributed by atoms with Gasteiger partial charge in [-0.1, -0.05) is 18.2 Å². The van der Waals surface area contributed by atoms with Crippen molar-refractivity contribution in [1.82, 2.24) is 0 Å². The van der Waals surface area contributed by atoms with Crippen molar-refractivity contribution >= 4 is 11.8 Å². The predicted octanol–water partition coefficient (Wildman–Crippen LogP) is 2.89. The second-order valence-electron chi connectivity index (χ2n) is 2.70. The van der Waals surface area contributed by atoms with Crippen LogP contribution in [0.15, 0.2) is 34.8 Å². The van der Waals surface area contributed by atoms with Crippen molar-refractivity contribution in [2.24, 2.45) is 0 Å². The first-order valence-corrected chi connectivity index (χ1v) is 4.51. The molecule has 0 nitrogen and oxygen atoms in total. The SMILES string of the molecule is CC1=C2C=CSC2CC=C1. The minimum atomic E-state index is 0.741. The van der Waals surface area contributed by atoms with Crippen LogP contribution >= 0.6 is 11.8 Å².